The highest BCUT2D eigenvalue weighted by Crippen LogP contribution is 2.18. The fourth-order valence-corrected chi connectivity index (χ4v) is 3.44. The molecule has 154 valence electrons. The van der Waals surface area contributed by atoms with E-state index in [2.05, 4.69) is 24.3 Å². The molecule has 1 N–H and O–H groups in total. The van der Waals surface area contributed by atoms with Crippen molar-refractivity contribution < 1.29 is 9.59 Å². The van der Waals surface area contributed by atoms with Gasteiger partial charge in [0.1, 0.15) is 5.03 Å². The van der Waals surface area contributed by atoms with Gasteiger partial charge in [-0.25, -0.2) is 0 Å². The van der Waals surface area contributed by atoms with E-state index >= 15 is 0 Å². The molecule has 1 amide bonds. The van der Waals surface area contributed by atoms with Crippen LogP contribution in [0.3, 0.4) is 0 Å². The Morgan fingerprint density at radius 3 is 2.27 bits per heavy atom. The molecule has 0 saturated carbocycles. The third kappa shape index (κ3) is 5.45. The molecule has 0 aliphatic carbocycles. The van der Waals surface area contributed by atoms with E-state index in [1.807, 2.05) is 24.3 Å². The number of carbonyl (C=O) groups is 2. The van der Waals surface area contributed by atoms with Crippen LogP contribution in [-0.2, 0) is 4.79 Å². The second-order valence-electron chi connectivity index (χ2n) is 7.14. The lowest BCUT2D eigenvalue weighted by atomic mass is 10.0. The average Bonchev–Trinajstić information content (AvgIpc) is 2.73. The first kappa shape index (κ1) is 21.5. The maximum atomic E-state index is 12.2. The van der Waals surface area contributed by atoms with E-state index < -0.39 is 0 Å². The van der Waals surface area contributed by atoms with E-state index in [-0.39, 0.29) is 23.0 Å². The van der Waals surface area contributed by atoms with Crippen molar-refractivity contribution in [2.45, 2.75) is 31.7 Å². The quantitative estimate of drug-likeness (QED) is 0.455. The largest absolute Gasteiger partial charge is 0.325 e. The minimum Gasteiger partial charge on any atom is -0.325 e. The van der Waals surface area contributed by atoms with Crippen LogP contribution in [0, 0.1) is 0 Å². The Labute approximate surface area is 179 Å². The van der Waals surface area contributed by atoms with Crippen LogP contribution < -0.4 is 10.9 Å². The fourth-order valence-electron chi connectivity index (χ4n) is 2.78. The molecule has 2 aromatic carbocycles. The molecule has 0 saturated heterocycles. The second kappa shape index (κ2) is 9.54. The van der Waals surface area contributed by atoms with Crippen molar-refractivity contribution in [2.75, 3.05) is 11.1 Å². The molecule has 0 radical (unpaired) electrons. The van der Waals surface area contributed by atoms with Gasteiger partial charge in [0.2, 0.25) is 5.91 Å². The summed E-state index contributed by atoms with van der Waals surface area (Å²) in [4.78, 5) is 35.8. The first-order valence-electron chi connectivity index (χ1n) is 9.58. The highest BCUT2D eigenvalue weighted by atomic mass is 32.2. The molecule has 3 aromatic rings. The Morgan fingerprint density at radius 2 is 1.67 bits per heavy atom. The predicted molar refractivity (Wildman–Crippen MR) is 120 cm³/mol. The van der Waals surface area contributed by atoms with E-state index in [0.29, 0.717) is 27.9 Å². The van der Waals surface area contributed by atoms with Crippen molar-refractivity contribution in [3.05, 3.63) is 82.1 Å². The predicted octanol–water partition coefficient (Wildman–Crippen LogP) is 4.29. The van der Waals surface area contributed by atoms with Gasteiger partial charge in [0.05, 0.1) is 11.4 Å². The van der Waals surface area contributed by atoms with Gasteiger partial charge in [-0.3, -0.25) is 14.4 Å². The van der Waals surface area contributed by atoms with Crippen LogP contribution in [0.2, 0.25) is 0 Å². The molecular formula is C23H23N3O3S. The zero-order valence-corrected chi connectivity index (χ0v) is 17.9. The van der Waals surface area contributed by atoms with Crippen LogP contribution in [0.1, 0.15) is 42.6 Å². The Bertz CT molecular complexity index is 1100. The summed E-state index contributed by atoms with van der Waals surface area (Å²) >= 11 is 1.24. The monoisotopic (exact) mass is 421 g/mol. The Morgan fingerprint density at radius 1 is 1.00 bits per heavy atom. The highest BCUT2D eigenvalue weighted by molar-refractivity contribution is 7.99. The summed E-state index contributed by atoms with van der Waals surface area (Å²) in [7, 11) is 0. The van der Waals surface area contributed by atoms with Gasteiger partial charge in [-0.1, -0.05) is 37.7 Å². The molecule has 0 aliphatic rings. The molecule has 7 heteroatoms. The molecule has 0 fully saturated rings. The van der Waals surface area contributed by atoms with E-state index in [9.17, 15) is 14.4 Å². The molecule has 1 heterocycles. The van der Waals surface area contributed by atoms with Gasteiger partial charge in [-0.2, -0.15) is 9.78 Å². The normalized spacial score (nSPS) is 10.8. The number of thioether (sulfide) groups is 1. The summed E-state index contributed by atoms with van der Waals surface area (Å²) in [6.07, 6.45) is 0. The maximum absolute atomic E-state index is 12.2. The lowest BCUT2D eigenvalue weighted by Gasteiger charge is -2.09. The zero-order valence-electron chi connectivity index (χ0n) is 17.1. The van der Waals surface area contributed by atoms with Crippen LogP contribution >= 0.6 is 11.8 Å². The number of aromatic nitrogens is 2. The van der Waals surface area contributed by atoms with Crippen LogP contribution in [0.5, 0.6) is 0 Å². The summed E-state index contributed by atoms with van der Waals surface area (Å²) in [6, 6.07) is 17.5. The number of nitrogens with zero attached hydrogens (tertiary/aromatic N) is 2. The lowest BCUT2D eigenvalue weighted by molar-refractivity contribution is -0.113. The van der Waals surface area contributed by atoms with Gasteiger partial charge in [-0.05, 0) is 60.9 Å². The number of amides is 1. The van der Waals surface area contributed by atoms with Crippen molar-refractivity contribution in [2.24, 2.45) is 0 Å². The van der Waals surface area contributed by atoms with Gasteiger partial charge in [0.15, 0.2) is 5.78 Å². The van der Waals surface area contributed by atoms with Crippen molar-refractivity contribution in [3.63, 3.8) is 0 Å². The first-order valence-corrected chi connectivity index (χ1v) is 10.6. The summed E-state index contributed by atoms with van der Waals surface area (Å²) in [5.41, 5.74) is 2.85. The minimum absolute atomic E-state index is 0.0246. The topological polar surface area (TPSA) is 81.1 Å². The first-order chi connectivity index (χ1) is 14.3. The smallest absolute Gasteiger partial charge is 0.271 e. The van der Waals surface area contributed by atoms with Gasteiger partial charge in [0, 0.05) is 17.3 Å². The molecular weight excluding hydrogens is 398 g/mol. The minimum atomic E-state index is -0.230. The molecule has 0 spiro atoms. The number of ketones is 1. The average molecular weight is 422 g/mol. The van der Waals surface area contributed by atoms with E-state index in [1.165, 1.54) is 35.0 Å². The standard InChI is InChI=1S/C23H23N3O3S/c1-15(2)17-6-10-20(11-7-17)26-23(29)13-12-22(25-26)30-14-21(28)24-19-8-4-18(5-9-19)16(3)27/h4-13,15H,14H2,1-3H3,(H,24,28). The van der Waals surface area contributed by atoms with Gasteiger partial charge >= 0.3 is 0 Å². The molecule has 1 aromatic heterocycles. The summed E-state index contributed by atoms with van der Waals surface area (Å²) in [6.45, 7) is 5.72. The van der Waals surface area contributed by atoms with Crippen molar-refractivity contribution in [1.82, 2.24) is 9.78 Å². The number of hydrogen-bond donors (Lipinski definition) is 1. The van der Waals surface area contributed by atoms with Crippen LogP contribution in [-0.4, -0.2) is 27.2 Å². The fraction of sp³-hybridized carbons (Fsp3) is 0.217. The molecule has 0 bridgehead atoms. The van der Waals surface area contributed by atoms with E-state index in [1.54, 1.807) is 30.3 Å². The number of Topliss-reactive ketones (excluding diaryl/α,β-unsaturated/α-hetero) is 1. The van der Waals surface area contributed by atoms with Crippen molar-refractivity contribution in [1.29, 1.82) is 0 Å². The third-order valence-corrected chi connectivity index (χ3v) is 5.43. The third-order valence-electron chi connectivity index (χ3n) is 4.51. The molecule has 0 aliphatic heterocycles. The van der Waals surface area contributed by atoms with E-state index in [4.69, 9.17) is 0 Å². The van der Waals surface area contributed by atoms with Gasteiger partial charge in [-0.15, -0.1) is 0 Å². The van der Waals surface area contributed by atoms with E-state index in [0.717, 1.165) is 0 Å². The lowest BCUT2D eigenvalue weighted by Crippen LogP contribution is -2.21. The van der Waals surface area contributed by atoms with Crippen LogP contribution in [0.4, 0.5) is 5.69 Å². The summed E-state index contributed by atoms with van der Waals surface area (Å²) in [5, 5.41) is 7.74. The van der Waals surface area contributed by atoms with Gasteiger partial charge < -0.3 is 5.32 Å². The second-order valence-corrected chi connectivity index (χ2v) is 8.13. The Kier molecular flexibility index (Phi) is 6.84. The number of anilines is 1. The highest BCUT2D eigenvalue weighted by Gasteiger charge is 2.09. The number of carbonyl (C=O) groups excluding carboxylic acids is 2. The maximum Gasteiger partial charge on any atom is 0.271 e. The molecule has 30 heavy (non-hydrogen) atoms. The SMILES string of the molecule is CC(=O)c1ccc(NC(=O)CSc2ccc(=O)n(-c3ccc(C(C)C)cc3)n2)cc1. The van der Waals surface area contributed by atoms with Crippen molar-refractivity contribution in [3.8, 4) is 5.69 Å². The molecule has 3 rings (SSSR count). The molecule has 6 nitrogen and oxygen atoms in total. The molecule has 0 atom stereocenters. The van der Waals surface area contributed by atoms with Crippen LogP contribution in [0.15, 0.2) is 70.5 Å². The van der Waals surface area contributed by atoms with Crippen molar-refractivity contribution >= 4 is 29.1 Å². The summed E-state index contributed by atoms with van der Waals surface area (Å²) in [5.74, 6) is 0.328. The number of rotatable bonds is 7. The zero-order chi connectivity index (χ0) is 21.7. The number of benzene rings is 2. The number of nitrogens with one attached hydrogen (secondary N) is 1. The number of hydrogen-bond acceptors (Lipinski definition) is 5. The Hall–Kier alpha value is -3.19. The van der Waals surface area contributed by atoms with Crippen LogP contribution in [0.25, 0.3) is 5.69 Å². The van der Waals surface area contributed by atoms with Gasteiger partial charge in [0.25, 0.3) is 5.56 Å². The summed E-state index contributed by atoms with van der Waals surface area (Å²) < 4.78 is 1.34. The molecule has 0 unspecified atom stereocenters. The Balaban J connectivity index is 1.65.